The number of aromatic hydroxyl groups is 1. The predicted octanol–water partition coefficient (Wildman–Crippen LogP) is 4.01. The van der Waals surface area contributed by atoms with Crippen LogP contribution in [0.3, 0.4) is 0 Å². The largest absolute Gasteiger partial charge is 0.508 e. The maximum absolute atomic E-state index is 13.3. The van der Waals surface area contributed by atoms with Gasteiger partial charge in [0.25, 0.3) is 11.7 Å². The molecule has 2 aliphatic heterocycles. The van der Waals surface area contributed by atoms with Crippen LogP contribution in [0.4, 0.5) is 0 Å². The van der Waals surface area contributed by atoms with Crippen LogP contribution in [0, 0.1) is 0 Å². The molecule has 3 aromatic rings. The van der Waals surface area contributed by atoms with E-state index in [9.17, 15) is 19.8 Å². The maximum Gasteiger partial charge on any atom is 0.295 e. The van der Waals surface area contributed by atoms with E-state index in [1.165, 1.54) is 17.0 Å². The molecule has 0 radical (unpaired) electrons. The van der Waals surface area contributed by atoms with E-state index < -0.39 is 17.7 Å². The Hall–Kier alpha value is -4.46. The van der Waals surface area contributed by atoms with Crippen molar-refractivity contribution in [1.29, 1.82) is 0 Å². The monoisotopic (exact) mass is 501 g/mol. The first-order chi connectivity index (χ1) is 17.9. The molecule has 1 fully saturated rings. The van der Waals surface area contributed by atoms with Gasteiger partial charge in [0.15, 0.2) is 11.5 Å². The molecule has 0 bridgehead atoms. The number of aliphatic hydroxyl groups is 1. The van der Waals surface area contributed by atoms with Gasteiger partial charge in [0, 0.05) is 18.5 Å². The van der Waals surface area contributed by atoms with Gasteiger partial charge in [-0.05, 0) is 65.6 Å². The fourth-order valence-corrected chi connectivity index (χ4v) is 4.89. The number of rotatable bonds is 7. The van der Waals surface area contributed by atoms with E-state index in [0.717, 1.165) is 16.9 Å². The standard InChI is InChI=1S/C29H27NO7/c1-35-23-9-3-17(15-24(23)36-2)11-13-30-26(18-4-7-21(31)8-5-18)25(28(33)29(30)34)27(32)20-6-10-22-19(16-20)12-14-37-22/h3-10,15-16,26,31-32H,11-14H2,1-2H3/b27-25-. The summed E-state index contributed by atoms with van der Waals surface area (Å²) in [4.78, 5) is 28.0. The summed E-state index contributed by atoms with van der Waals surface area (Å²) in [5, 5.41) is 21.1. The Bertz CT molecular complexity index is 1390. The number of aliphatic hydroxyl groups excluding tert-OH is 1. The van der Waals surface area contributed by atoms with E-state index in [1.807, 2.05) is 12.1 Å². The molecule has 1 amide bonds. The lowest BCUT2D eigenvalue weighted by atomic mass is 9.94. The summed E-state index contributed by atoms with van der Waals surface area (Å²) >= 11 is 0. The number of benzene rings is 3. The van der Waals surface area contributed by atoms with Crippen molar-refractivity contribution in [2.75, 3.05) is 27.4 Å². The SMILES string of the molecule is COc1ccc(CCN2C(=O)C(=O)/C(=C(\O)c3ccc4c(c3)CCO4)C2c2ccc(O)cc2)cc1OC. The number of amides is 1. The summed E-state index contributed by atoms with van der Waals surface area (Å²) in [5.74, 6) is 0.295. The number of hydrogen-bond donors (Lipinski definition) is 2. The van der Waals surface area contributed by atoms with Crippen LogP contribution in [0.2, 0.25) is 0 Å². The zero-order valence-corrected chi connectivity index (χ0v) is 20.6. The van der Waals surface area contributed by atoms with Gasteiger partial charge in [0.05, 0.1) is 32.4 Å². The molecule has 37 heavy (non-hydrogen) atoms. The maximum atomic E-state index is 13.3. The molecule has 3 aromatic carbocycles. The van der Waals surface area contributed by atoms with Crippen molar-refractivity contribution in [2.45, 2.75) is 18.9 Å². The van der Waals surface area contributed by atoms with E-state index in [4.69, 9.17) is 14.2 Å². The first-order valence-electron chi connectivity index (χ1n) is 12.0. The van der Waals surface area contributed by atoms with Gasteiger partial charge in [-0.15, -0.1) is 0 Å². The fourth-order valence-electron chi connectivity index (χ4n) is 4.89. The molecule has 2 N–H and O–H groups in total. The van der Waals surface area contributed by atoms with Crippen LogP contribution >= 0.6 is 0 Å². The van der Waals surface area contributed by atoms with E-state index in [2.05, 4.69) is 0 Å². The number of fused-ring (bicyclic) bond motifs is 1. The first-order valence-corrected chi connectivity index (χ1v) is 12.0. The van der Waals surface area contributed by atoms with Gasteiger partial charge in [-0.2, -0.15) is 0 Å². The van der Waals surface area contributed by atoms with Crippen LogP contribution in [0.1, 0.15) is 28.3 Å². The Labute approximate surface area is 214 Å². The Morgan fingerprint density at radius 3 is 2.49 bits per heavy atom. The quantitative estimate of drug-likeness (QED) is 0.286. The Kier molecular flexibility index (Phi) is 6.48. The number of carbonyl (C=O) groups excluding carboxylic acids is 2. The van der Waals surface area contributed by atoms with Crippen LogP contribution in [0.25, 0.3) is 5.76 Å². The predicted molar refractivity (Wildman–Crippen MR) is 136 cm³/mol. The average Bonchev–Trinajstić information content (AvgIpc) is 3.49. The minimum absolute atomic E-state index is 0.0156. The molecular weight excluding hydrogens is 474 g/mol. The first kappa shape index (κ1) is 24.2. The molecule has 8 nitrogen and oxygen atoms in total. The zero-order valence-electron chi connectivity index (χ0n) is 20.6. The van der Waals surface area contributed by atoms with Crippen LogP contribution < -0.4 is 14.2 Å². The molecule has 1 unspecified atom stereocenters. The van der Waals surface area contributed by atoms with Crippen molar-refractivity contribution in [3.8, 4) is 23.0 Å². The molecule has 0 aromatic heterocycles. The van der Waals surface area contributed by atoms with Crippen molar-refractivity contribution in [3.05, 3.63) is 88.5 Å². The molecule has 190 valence electrons. The van der Waals surface area contributed by atoms with Gasteiger partial charge in [0.2, 0.25) is 0 Å². The molecule has 5 rings (SSSR count). The number of Topliss-reactive ketones (excluding diaryl/α,β-unsaturated/α-hetero) is 1. The molecular formula is C29H27NO7. The lowest BCUT2D eigenvalue weighted by Crippen LogP contribution is -2.31. The average molecular weight is 502 g/mol. The number of ketones is 1. The van der Waals surface area contributed by atoms with Crippen LogP contribution in [0.15, 0.2) is 66.2 Å². The molecule has 8 heteroatoms. The van der Waals surface area contributed by atoms with Crippen LogP contribution in [0.5, 0.6) is 23.0 Å². The molecule has 2 aliphatic rings. The third kappa shape index (κ3) is 4.46. The van der Waals surface area contributed by atoms with Crippen molar-refractivity contribution >= 4 is 17.4 Å². The van der Waals surface area contributed by atoms with E-state index in [0.29, 0.717) is 42.1 Å². The van der Waals surface area contributed by atoms with Crippen molar-refractivity contribution in [3.63, 3.8) is 0 Å². The molecule has 0 saturated carbocycles. The molecule has 0 spiro atoms. The van der Waals surface area contributed by atoms with Gasteiger partial charge in [0.1, 0.15) is 17.3 Å². The lowest BCUT2D eigenvalue weighted by Gasteiger charge is -2.25. The van der Waals surface area contributed by atoms with Crippen molar-refractivity contribution < 1.29 is 34.0 Å². The zero-order chi connectivity index (χ0) is 26.1. The normalized spacial score (nSPS) is 18.0. The molecule has 0 aliphatic carbocycles. The number of methoxy groups -OCH3 is 2. The highest BCUT2D eigenvalue weighted by Gasteiger charge is 2.46. The number of ether oxygens (including phenoxy) is 3. The summed E-state index contributed by atoms with van der Waals surface area (Å²) in [7, 11) is 3.11. The third-order valence-corrected chi connectivity index (χ3v) is 6.80. The topological polar surface area (TPSA) is 106 Å². The number of nitrogens with zero attached hydrogens (tertiary/aromatic N) is 1. The van der Waals surface area contributed by atoms with Gasteiger partial charge in [-0.25, -0.2) is 0 Å². The van der Waals surface area contributed by atoms with E-state index in [1.54, 1.807) is 50.6 Å². The smallest absolute Gasteiger partial charge is 0.295 e. The molecule has 1 atom stereocenters. The fraction of sp³-hybridized carbons (Fsp3) is 0.241. The van der Waals surface area contributed by atoms with E-state index >= 15 is 0 Å². The summed E-state index contributed by atoms with van der Waals surface area (Å²) in [6.07, 6.45) is 1.15. The number of likely N-dealkylation sites (tertiary alicyclic amines) is 1. The number of phenols is 1. The summed E-state index contributed by atoms with van der Waals surface area (Å²) < 4.78 is 16.2. The summed E-state index contributed by atoms with van der Waals surface area (Å²) in [6.45, 7) is 0.786. The second-order valence-electron chi connectivity index (χ2n) is 8.94. The minimum Gasteiger partial charge on any atom is -0.508 e. The molecule has 1 saturated heterocycles. The summed E-state index contributed by atoms with van der Waals surface area (Å²) in [6, 6.07) is 16.2. The Balaban J connectivity index is 1.53. The third-order valence-electron chi connectivity index (χ3n) is 6.80. The van der Waals surface area contributed by atoms with Crippen LogP contribution in [-0.2, 0) is 22.4 Å². The van der Waals surface area contributed by atoms with Crippen molar-refractivity contribution in [2.24, 2.45) is 0 Å². The van der Waals surface area contributed by atoms with Gasteiger partial charge in [-0.1, -0.05) is 18.2 Å². The number of phenolic OH excluding ortho intramolecular Hbond substituents is 1. The van der Waals surface area contributed by atoms with Crippen LogP contribution in [-0.4, -0.2) is 54.2 Å². The number of hydrogen-bond acceptors (Lipinski definition) is 7. The lowest BCUT2D eigenvalue weighted by molar-refractivity contribution is -0.139. The second-order valence-corrected chi connectivity index (χ2v) is 8.94. The van der Waals surface area contributed by atoms with E-state index in [-0.39, 0.29) is 23.6 Å². The van der Waals surface area contributed by atoms with Crippen molar-refractivity contribution in [1.82, 2.24) is 4.90 Å². The van der Waals surface area contributed by atoms with Gasteiger partial charge in [-0.3, -0.25) is 9.59 Å². The minimum atomic E-state index is -0.815. The highest BCUT2D eigenvalue weighted by atomic mass is 16.5. The summed E-state index contributed by atoms with van der Waals surface area (Å²) in [5.41, 5.74) is 2.90. The Morgan fingerprint density at radius 1 is 1.00 bits per heavy atom. The van der Waals surface area contributed by atoms with Gasteiger partial charge < -0.3 is 29.3 Å². The highest BCUT2D eigenvalue weighted by Crippen LogP contribution is 2.41. The highest BCUT2D eigenvalue weighted by molar-refractivity contribution is 6.46. The number of carbonyl (C=O) groups is 2. The molecule has 2 heterocycles. The Morgan fingerprint density at radius 2 is 1.76 bits per heavy atom. The second kappa shape index (κ2) is 9.89. The van der Waals surface area contributed by atoms with Gasteiger partial charge >= 0.3 is 0 Å².